The molecule has 0 aliphatic carbocycles. The number of para-hydroxylation sites is 1. The van der Waals surface area contributed by atoms with Gasteiger partial charge >= 0.3 is 11.9 Å². The van der Waals surface area contributed by atoms with Gasteiger partial charge < -0.3 is 24.3 Å². The number of carbonyl (C=O) groups excluding carboxylic acids is 3. The molecule has 2 rings (SSSR count). The molecule has 160 valence electrons. The fourth-order valence-corrected chi connectivity index (χ4v) is 2.64. The maximum Gasteiger partial charge on any atom is 0.339 e. The molecule has 0 radical (unpaired) electrons. The maximum absolute atomic E-state index is 12.1. The number of benzene rings is 2. The van der Waals surface area contributed by atoms with Crippen LogP contribution >= 0.6 is 0 Å². The lowest BCUT2D eigenvalue weighted by Crippen LogP contribution is -2.22. The molecule has 30 heavy (non-hydrogen) atoms. The van der Waals surface area contributed by atoms with Gasteiger partial charge in [-0.15, -0.1) is 0 Å². The zero-order chi connectivity index (χ0) is 21.9. The predicted molar refractivity (Wildman–Crippen MR) is 110 cm³/mol. The highest BCUT2D eigenvalue weighted by Crippen LogP contribution is 2.28. The van der Waals surface area contributed by atoms with Gasteiger partial charge in [-0.3, -0.25) is 9.59 Å². The van der Waals surface area contributed by atoms with E-state index in [0.29, 0.717) is 30.3 Å². The van der Waals surface area contributed by atoms with Crippen molar-refractivity contribution in [2.45, 2.75) is 20.3 Å². The van der Waals surface area contributed by atoms with Crippen LogP contribution in [0.4, 0.5) is 5.69 Å². The normalized spacial score (nSPS) is 10.1. The van der Waals surface area contributed by atoms with Crippen molar-refractivity contribution in [1.29, 1.82) is 0 Å². The van der Waals surface area contributed by atoms with E-state index in [1.54, 1.807) is 36.4 Å². The minimum absolute atomic E-state index is 0.0293. The molecular formula is C22H25NO7. The summed E-state index contributed by atoms with van der Waals surface area (Å²) < 4.78 is 20.8. The molecule has 1 N–H and O–H groups in total. The molecule has 0 aliphatic rings. The molecule has 8 heteroatoms. The van der Waals surface area contributed by atoms with Gasteiger partial charge in [-0.2, -0.15) is 0 Å². The SMILES string of the molecule is CCOc1ccc(CC(=O)OCC(=O)Nc2ccccc2C(=O)OC)cc1OCC. The molecule has 0 atom stereocenters. The topological polar surface area (TPSA) is 100 Å². The van der Waals surface area contributed by atoms with Crippen LogP contribution < -0.4 is 14.8 Å². The number of carbonyl (C=O) groups is 3. The molecule has 0 saturated heterocycles. The van der Waals surface area contributed by atoms with Crippen molar-refractivity contribution >= 4 is 23.5 Å². The van der Waals surface area contributed by atoms with E-state index in [-0.39, 0.29) is 17.7 Å². The number of hydrogen-bond donors (Lipinski definition) is 1. The number of methoxy groups -OCH3 is 1. The molecule has 0 aliphatic heterocycles. The Morgan fingerprint density at radius 1 is 0.933 bits per heavy atom. The second kappa shape index (κ2) is 11.5. The Bertz CT molecular complexity index is 895. The number of amides is 1. The van der Waals surface area contributed by atoms with Crippen LogP contribution in [0.2, 0.25) is 0 Å². The fraction of sp³-hybridized carbons (Fsp3) is 0.318. The minimum atomic E-state index is -0.580. The Balaban J connectivity index is 1.93. The zero-order valence-electron chi connectivity index (χ0n) is 17.2. The molecule has 8 nitrogen and oxygen atoms in total. The average molecular weight is 415 g/mol. The summed E-state index contributed by atoms with van der Waals surface area (Å²) in [7, 11) is 1.25. The Morgan fingerprint density at radius 3 is 2.33 bits per heavy atom. The van der Waals surface area contributed by atoms with E-state index in [1.165, 1.54) is 13.2 Å². The van der Waals surface area contributed by atoms with Crippen LogP contribution in [0.1, 0.15) is 29.8 Å². The Kier molecular flexibility index (Phi) is 8.68. The van der Waals surface area contributed by atoms with E-state index in [9.17, 15) is 14.4 Å². The molecule has 0 fully saturated rings. The second-order valence-electron chi connectivity index (χ2n) is 6.07. The van der Waals surface area contributed by atoms with E-state index in [4.69, 9.17) is 14.2 Å². The molecule has 0 bridgehead atoms. The number of ether oxygens (including phenoxy) is 4. The van der Waals surface area contributed by atoms with Gasteiger partial charge in [0.25, 0.3) is 5.91 Å². The van der Waals surface area contributed by atoms with E-state index >= 15 is 0 Å². The molecule has 0 heterocycles. The summed E-state index contributed by atoms with van der Waals surface area (Å²) in [6.07, 6.45) is -0.0293. The number of nitrogens with one attached hydrogen (secondary N) is 1. The van der Waals surface area contributed by atoms with Crippen LogP contribution in [-0.2, 0) is 25.5 Å². The Labute approximate surface area is 175 Å². The van der Waals surface area contributed by atoms with Crippen LogP contribution in [0.25, 0.3) is 0 Å². The quantitative estimate of drug-likeness (QED) is 0.596. The number of hydrogen-bond acceptors (Lipinski definition) is 7. The van der Waals surface area contributed by atoms with Gasteiger partial charge in [0, 0.05) is 0 Å². The number of anilines is 1. The van der Waals surface area contributed by atoms with Crippen molar-refractivity contribution in [2.75, 3.05) is 32.2 Å². The summed E-state index contributed by atoms with van der Waals surface area (Å²) in [5.41, 5.74) is 1.15. The summed E-state index contributed by atoms with van der Waals surface area (Å²) in [6, 6.07) is 11.6. The monoisotopic (exact) mass is 415 g/mol. The summed E-state index contributed by atoms with van der Waals surface area (Å²) >= 11 is 0. The third-order valence-electron chi connectivity index (χ3n) is 3.93. The highest BCUT2D eigenvalue weighted by atomic mass is 16.5. The third-order valence-corrected chi connectivity index (χ3v) is 3.93. The highest BCUT2D eigenvalue weighted by molar-refractivity contribution is 6.01. The largest absolute Gasteiger partial charge is 0.490 e. The molecule has 2 aromatic carbocycles. The lowest BCUT2D eigenvalue weighted by molar-refractivity contribution is -0.146. The molecule has 2 aromatic rings. The van der Waals surface area contributed by atoms with Crippen molar-refractivity contribution in [3.05, 3.63) is 53.6 Å². The van der Waals surface area contributed by atoms with Gasteiger partial charge in [0.2, 0.25) is 0 Å². The van der Waals surface area contributed by atoms with Crippen LogP contribution in [0.5, 0.6) is 11.5 Å². The third kappa shape index (κ3) is 6.51. The molecule has 0 spiro atoms. The first-order chi connectivity index (χ1) is 14.5. The van der Waals surface area contributed by atoms with E-state index < -0.39 is 24.5 Å². The molecule has 0 saturated carbocycles. The smallest absolute Gasteiger partial charge is 0.339 e. The van der Waals surface area contributed by atoms with Gasteiger partial charge in [-0.25, -0.2) is 4.79 Å². The van der Waals surface area contributed by atoms with Crippen LogP contribution in [-0.4, -0.2) is 44.8 Å². The van der Waals surface area contributed by atoms with Gasteiger partial charge in [0.15, 0.2) is 18.1 Å². The summed E-state index contributed by atoms with van der Waals surface area (Å²) in [4.78, 5) is 36.0. The minimum Gasteiger partial charge on any atom is -0.490 e. The first-order valence-corrected chi connectivity index (χ1v) is 9.49. The van der Waals surface area contributed by atoms with Crippen molar-refractivity contribution < 1.29 is 33.3 Å². The van der Waals surface area contributed by atoms with E-state index in [0.717, 1.165) is 0 Å². The Hall–Kier alpha value is -3.55. The van der Waals surface area contributed by atoms with Gasteiger partial charge in [-0.05, 0) is 43.7 Å². The fourth-order valence-electron chi connectivity index (χ4n) is 2.64. The van der Waals surface area contributed by atoms with Crippen molar-refractivity contribution in [3.63, 3.8) is 0 Å². The van der Waals surface area contributed by atoms with Gasteiger partial charge in [0.05, 0.1) is 38.0 Å². The molecule has 1 amide bonds. The van der Waals surface area contributed by atoms with Crippen molar-refractivity contribution in [2.24, 2.45) is 0 Å². The van der Waals surface area contributed by atoms with Crippen molar-refractivity contribution in [1.82, 2.24) is 0 Å². The lowest BCUT2D eigenvalue weighted by atomic mass is 10.1. The summed E-state index contributed by atoms with van der Waals surface area (Å²) in [6.45, 7) is 4.20. The summed E-state index contributed by atoms with van der Waals surface area (Å²) in [5, 5.41) is 2.54. The maximum atomic E-state index is 12.1. The average Bonchev–Trinajstić information content (AvgIpc) is 2.74. The first-order valence-electron chi connectivity index (χ1n) is 9.49. The van der Waals surface area contributed by atoms with Gasteiger partial charge in [0.1, 0.15) is 0 Å². The van der Waals surface area contributed by atoms with E-state index in [2.05, 4.69) is 10.1 Å². The summed E-state index contributed by atoms with van der Waals surface area (Å²) in [5.74, 6) is -0.579. The molecule has 0 aromatic heterocycles. The number of rotatable bonds is 10. The van der Waals surface area contributed by atoms with Crippen LogP contribution in [0, 0.1) is 0 Å². The van der Waals surface area contributed by atoms with Gasteiger partial charge in [-0.1, -0.05) is 18.2 Å². The Morgan fingerprint density at radius 2 is 1.63 bits per heavy atom. The van der Waals surface area contributed by atoms with Crippen LogP contribution in [0.3, 0.4) is 0 Å². The predicted octanol–water partition coefficient (Wildman–Crippen LogP) is 3.00. The number of esters is 2. The zero-order valence-corrected chi connectivity index (χ0v) is 17.2. The molecule has 0 unspecified atom stereocenters. The van der Waals surface area contributed by atoms with Crippen molar-refractivity contribution in [3.8, 4) is 11.5 Å². The lowest BCUT2D eigenvalue weighted by Gasteiger charge is -2.12. The highest BCUT2D eigenvalue weighted by Gasteiger charge is 2.15. The molecular weight excluding hydrogens is 390 g/mol. The first kappa shape index (κ1) is 22.7. The van der Waals surface area contributed by atoms with E-state index in [1.807, 2.05) is 13.8 Å². The van der Waals surface area contributed by atoms with Crippen LogP contribution in [0.15, 0.2) is 42.5 Å². The second-order valence-corrected chi connectivity index (χ2v) is 6.07. The standard InChI is InChI=1S/C22H25NO7/c1-4-28-18-11-10-15(12-19(18)29-5-2)13-21(25)30-14-20(24)23-17-9-7-6-8-16(17)22(26)27-3/h6-12H,4-5,13-14H2,1-3H3,(H,23,24).